The van der Waals surface area contributed by atoms with Crippen LogP contribution in [0.15, 0.2) is 30.5 Å². The first-order chi connectivity index (χ1) is 11.7. The second-order valence-corrected chi connectivity index (χ2v) is 6.64. The van der Waals surface area contributed by atoms with Crippen LogP contribution in [-0.2, 0) is 25.6 Å². The third-order valence-electron chi connectivity index (χ3n) is 3.37. The summed E-state index contributed by atoms with van der Waals surface area (Å²) < 4.78 is 11.4. The molecule has 2 aromatic rings. The molecule has 0 fully saturated rings. The molecule has 1 amide bonds. The van der Waals surface area contributed by atoms with Crippen LogP contribution in [0.3, 0.4) is 0 Å². The lowest BCUT2D eigenvalue weighted by atomic mass is 10.1. The maximum Gasteiger partial charge on any atom is 0.340 e. The fourth-order valence-electron chi connectivity index (χ4n) is 2.44. The normalized spacial score (nSPS) is 11.2. The van der Waals surface area contributed by atoms with Gasteiger partial charge >= 0.3 is 11.9 Å². The number of benzene rings is 1. The number of ether oxygens (including phenoxy) is 2. The first kappa shape index (κ1) is 18.5. The van der Waals surface area contributed by atoms with Crippen LogP contribution in [0.2, 0.25) is 0 Å². The number of rotatable bonds is 5. The molecule has 0 aliphatic heterocycles. The van der Waals surface area contributed by atoms with Gasteiger partial charge in [-0.1, -0.05) is 18.2 Å². The van der Waals surface area contributed by atoms with Gasteiger partial charge in [0.1, 0.15) is 6.54 Å². The number of fused-ring (bicyclic) bond motifs is 1. The van der Waals surface area contributed by atoms with Crippen molar-refractivity contribution < 1.29 is 23.9 Å². The number of hydrogen-bond acceptors (Lipinski definition) is 5. The molecular formula is C18H22N2O5. The van der Waals surface area contributed by atoms with E-state index < -0.39 is 17.5 Å². The smallest absolute Gasteiger partial charge is 0.340 e. The fraction of sp³-hybridized carbons (Fsp3) is 0.389. The van der Waals surface area contributed by atoms with E-state index >= 15 is 0 Å². The Morgan fingerprint density at radius 1 is 1.16 bits per heavy atom. The van der Waals surface area contributed by atoms with Crippen molar-refractivity contribution in [1.82, 2.24) is 9.88 Å². The number of aromatic nitrogens is 1. The van der Waals surface area contributed by atoms with E-state index in [4.69, 9.17) is 9.47 Å². The van der Waals surface area contributed by atoms with Crippen molar-refractivity contribution in [3.05, 3.63) is 36.0 Å². The molecule has 0 spiro atoms. The van der Waals surface area contributed by atoms with Crippen LogP contribution in [0.4, 0.5) is 0 Å². The van der Waals surface area contributed by atoms with E-state index in [2.05, 4.69) is 5.32 Å². The minimum absolute atomic E-state index is 0.111. The Bertz CT molecular complexity index is 801. The zero-order valence-electron chi connectivity index (χ0n) is 14.8. The summed E-state index contributed by atoms with van der Waals surface area (Å²) >= 11 is 0. The quantitative estimate of drug-likeness (QED) is 0.836. The minimum Gasteiger partial charge on any atom is -0.465 e. The van der Waals surface area contributed by atoms with Gasteiger partial charge in [-0.3, -0.25) is 9.59 Å². The lowest BCUT2D eigenvalue weighted by Gasteiger charge is -2.20. The van der Waals surface area contributed by atoms with Crippen LogP contribution >= 0.6 is 0 Å². The summed E-state index contributed by atoms with van der Waals surface area (Å²) in [5.74, 6) is -1.41. The van der Waals surface area contributed by atoms with Gasteiger partial charge < -0.3 is 19.4 Å². The van der Waals surface area contributed by atoms with Crippen LogP contribution in [0.25, 0.3) is 10.9 Å². The van der Waals surface area contributed by atoms with Crippen LogP contribution in [-0.4, -0.2) is 41.7 Å². The molecule has 0 aliphatic carbocycles. The third kappa shape index (κ3) is 4.82. The number of esters is 2. The highest BCUT2D eigenvalue weighted by Crippen LogP contribution is 2.22. The van der Waals surface area contributed by atoms with Gasteiger partial charge in [-0.25, -0.2) is 4.79 Å². The predicted octanol–water partition coefficient (Wildman–Crippen LogP) is 1.89. The average molecular weight is 346 g/mol. The van der Waals surface area contributed by atoms with E-state index in [1.54, 1.807) is 29.0 Å². The van der Waals surface area contributed by atoms with Gasteiger partial charge in [0.05, 0.1) is 12.7 Å². The van der Waals surface area contributed by atoms with Gasteiger partial charge in [0.25, 0.3) is 5.91 Å². The summed E-state index contributed by atoms with van der Waals surface area (Å²) in [5.41, 5.74) is 0.686. The topological polar surface area (TPSA) is 86.6 Å². The second-order valence-electron chi connectivity index (χ2n) is 6.64. The van der Waals surface area contributed by atoms with Gasteiger partial charge in [-0.15, -0.1) is 0 Å². The van der Waals surface area contributed by atoms with E-state index in [0.29, 0.717) is 16.5 Å². The van der Waals surface area contributed by atoms with Crippen LogP contribution in [0.5, 0.6) is 0 Å². The molecule has 0 saturated carbocycles. The van der Waals surface area contributed by atoms with Crippen molar-refractivity contribution in [2.45, 2.75) is 32.9 Å². The molecule has 7 nitrogen and oxygen atoms in total. The Morgan fingerprint density at radius 2 is 1.84 bits per heavy atom. The summed E-state index contributed by atoms with van der Waals surface area (Å²) in [5, 5.41) is 3.40. The van der Waals surface area contributed by atoms with Crippen molar-refractivity contribution in [1.29, 1.82) is 0 Å². The highest BCUT2D eigenvalue weighted by Gasteiger charge is 2.18. The highest BCUT2D eigenvalue weighted by atomic mass is 16.5. The highest BCUT2D eigenvalue weighted by molar-refractivity contribution is 6.04. The number of carbonyl (C=O) groups excluding carboxylic acids is 3. The number of amides is 1. The molecule has 1 aromatic heterocycles. The van der Waals surface area contributed by atoms with Crippen molar-refractivity contribution in [3.63, 3.8) is 0 Å². The molecule has 0 atom stereocenters. The van der Waals surface area contributed by atoms with E-state index in [1.807, 2.05) is 26.8 Å². The molecule has 134 valence electrons. The summed E-state index contributed by atoms with van der Waals surface area (Å²) in [6, 6.07) is 7.18. The predicted molar refractivity (Wildman–Crippen MR) is 92.1 cm³/mol. The first-order valence-electron chi connectivity index (χ1n) is 7.84. The van der Waals surface area contributed by atoms with Crippen molar-refractivity contribution >= 4 is 28.7 Å². The Labute approximate surface area is 145 Å². The van der Waals surface area contributed by atoms with Crippen molar-refractivity contribution in [3.8, 4) is 0 Å². The molecule has 1 aromatic carbocycles. The zero-order valence-corrected chi connectivity index (χ0v) is 14.8. The Hall–Kier alpha value is -2.83. The van der Waals surface area contributed by atoms with Gasteiger partial charge in [-0.2, -0.15) is 0 Å². The van der Waals surface area contributed by atoms with Crippen LogP contribution < -0.4 is 5.32 Å². The standard InChI is InChI=1S/C18H22N2O5/c1-18(2,3)19-15(21)11-25-16(22)10-20-9-13(17(23)24-4)12-7-5-6-8-14(12)20/h5-9H,10-11H2,1-4H3,(H,19,21). The molecule has 1 N–H and O–H groups in total. The second kappa shape index (κ2) is 7.38. The number of nitrogens with one attached hydrogen (secondary N) is 1. The molecule has 2 rings (SSSR count). The summed E-state index contributed by atoms with van der Waals surface area (Å²) in [4.78, 5) is 35.6. The van der Waals surface area contributed by atoms with Gasteiger partial charge in [0.15, 0.2) is 6.61 Å². The number of para-hydroxylation sites is 1. The number of carbonyl (C=O) groups is 3. The Morgan fingerprint density at radius 3 is 2.48 bits per heavy atom. The molecule has 0 radical (unpaired) electrons. The number of methoxy groups -OCH3 is 1. The third-order valence-corrected chi connectivity index (χ3v) is 3.37. The molecule has 0 saturated heterocycles. The van der Waals surface area contributed by atoms with Gasteiger partial charge in [-0.05, 0) is 26.8 Å². The van der Waals surface area contributed by atoms with Crippen LogP contribution in [0.1, 0.15) is 31.1 Å². The number of hydrogen-bond donors (Lipinski definition) is 1. The van der Waals surface area contributed by atoms with E-state index in [-0.39, 0.29) is 19.1 Å². The SMILES string of the molecule is COC(=O)c1cn(CC(=O)OCC(=O)NC(C)(C)C)c2ccccc12. The molecule has 25 heavy (non-hydrogen) atoms. The van der Waals surface area contributed by atoms with Gasteiger partial charge in [0, 0.05) is 22.6 Å². The van der Waals surface area contributed by atoms with E-state index in [1.165, 1.54) is 7.11 Å². The molecule has 0 unspecified atom stereocenters. The Balaban J connectivity index is 2.09. The van der Waals surface area contributed by atoms with Crippen LogP contribution in [0, 0.1) is 0 Å². The van der Waals surface area contributed by atoms with Crippen molar-refractivity contribution in [2.75, 3.05) is 13.7 Å². The zero-order chi connectivity index (χ0) is 18.6. The number of nitrogens with zero attached hydrogens (tertiary/aromatic N) is 1. The largest absolute Gasteiger partial charge is 0.465 e. The summed E-state index contributed by atoms with van der Waals surface area (Å²) in [7, 11) is 1.30. The molecular weight excluding hydrogens is 324 g/mol. The molecule has 0 aliphatic rings. The fourth-order valence-corrected chi connectivity index (χ4v) is 2.44. The van der Waals surface area contributed by atoms with Gasteiger partial charge in [0.2, 0.25) is 0 Å². The monoisotopic (exact) mass is 346 g/mol. The molecule has 0 bridgehead atoms. The maximum atomic E-state index is 12.0. The average Bonchev–Trinajstić information content (AvgIpc) is 2.89. The first-order valence-corrected chi connectivity index (χ1v) is 7.84. The lowest BCUT2D eigenvalue weighted by molar-refractivity contribution is -0.149. The maximum absolute atomic E-state index is 12.0. The Kier molecular flexibility index (Phi) is 5.46. The molecule has 1 heterocycles. The van der Waals surface area contributed by atoms with Crippen molar-refractivity contribution in [2.24, 2.45) is 0 Å². The minimum atomic E-state index is -0.568. The summed E-state index contributed by atoms with van der Waals surface area (Å²) in [6.07, 6.45) is 1.55. The van der Waals surface area contributed by atoms with E-state index in [9.17, 15) is 14.4 Å². The summed E-state index contributed by atoms with van der Waals surface area (Å²) in [6.45, 7) is 5.06. The van der Waals surface area contributed by atoms with E-state index in [0.717, 1.165) is 0 Å². The molecule has 7 heteroatoms. The lowest BCUT2D eigenvalue weighted by Crippen LogP contribution is -2.42.